The van der Waals surface area contributed by atoms with Crippen LogP contribution in [0.15, 0.2) is 30.6 Å². The van der Waals surface area contributed by atoms with Crippen molar-refractivity contribution in [1.82, 2.24) is 19.2 Å². The van der Waals surface area contributed by atoms with Crippen molar-refractivity contribution in [2.75, 3.05) is 7.05 Å². The van der Waals surface area contributed by atoms with E-state index in [1.807, 2.05) is 36.9 Å². The molecule has 18 heavy (non-hydrogen) atoms. The fourth-order valence-corrected chi connectivity index (χ4v) is 2.11. The summed E-state index contributed by atoms with van der Waals surface area (Å²) < 4.78 is 4.33. The first-order valence-corrected chi connectivity index (χ1v) is 6.36. The highest BCUT2D eigenvalue weighted by atomic mass is 35.5. The van der Waals surface area contributed by atoms with Gasteiger partial charge in [-0.2, -0.15) is 5.10 Å². The fraction of sp³-hybridized carbons (Fsp3) is 0.333. The Balaban J connectivity index is 2.03. The molecule has 1 aromatic heterocycles. The SMILES string of the molecule is CN(Cc1cccc(Cl)c1)Cn1ncn(C)c1=S. The van der Waals surface area contributed by atoms with Crippen molar-refractivity contribution in [2.24, 2.45) is 7.05 Å². The molecule has 6 heteroatoms. The van der Waals surface area contributed by atoms with Gasteiger partial charge in [0.25, 0.3) is 0 Å². The molecule has 2 rings (SSSR count). The highest BCUT2D eigenvalue weighted by molar-refractivity contribution is 7.71. The van der Waals surface area contributed by atoms with Crippen LogP contribution in [0.1, 0.15) is 5.56 Å². The predicted molar refractivity (Wildman–Crippen MR) is 75.0 cm³/mol. The lowest BCUT2D eigenvalue weighted by molar-refractivity contribution is 0.244. The number of aryl methyl sites for hydroxylation is 1. The maximum Gasteiger partial charge on any atom is 0.198 e. The van der Waals surface area contributed by atoms with Gasteiger partial charge in [0.15, 0.2) is 4.77 Å². The normalized spacial score (nSPS) is 11.1. The highest BCUT2D eigenvalue weighted by Crippen LogP contribution is 2.12. The zero-order valence-corrected chi connectivity index (χ0v) is 11.9. The van der Waals surface area contributed by atoms with Gasteiger partial charge in [0, 0.05) is 18.6 Å². The molecule has 0 fully saturated rings. The molecule has 96 valence electrons. The first-order valence-electron chi connectivity index (χ1n) is 5.57. The monoisotopic (exact) mass is 282 g/mol. The van der Waals surface area contributed by atoms with E-state index in [2.05, 4.69) is 16.1 Å². The lowest BCUT2D eigenvalue weighted by Crippen LogP contribution is -2.22. The Hall–Kier alpha value is -1.17. The number of halogens is 1. The lowest BCUT2D eigenvalue weighted by atomic mass is 10.2. The molecule has 0 radical (unpaired) electrons. The first kappa shape index (κ1) is 13.3. The molecule has 0 N–H and O–H groups in total. The van der Waals surface area contributed by atoms with E-state index >= 15 is 0 Å². The molecular weight excluding hydrogens is 268 g/mol. The van der Waals surface area contributed by atoms with Crippen molar-refractivity contribution >= 4 is 23.8 Å². The predicted octanol–water partition coefficient (Wildman–Crippen LogP) is 2.69. The molecule has 0 unspecified atom stereocenters. The zero-order valence-electron chi connectivity index (χ0n) is 10.4. The molecule has 0 aliphatic rings. The summed E-state index contributed by atoms with van der Waals surface area (Å²) in [5.74, 6) is 0. The van der Waals surface area contributed by atoms with Crippen molar-refractivity contribution in [1.29, 1.82) is 0 Å². The van der Waals surface area contributed by atoms with E-state index in [1.165, 1.54) is 5.56 Å². The van der Waals surface area contributed by atoms with Crippen LogP contribution in [0, 0.1) is 4.77 Å². The molecule has 0 amide bonds. The summed E-state index contributed by atoms with van der Waals surface area (Å²) in [6.45, 7) is 1.46. The number of hydrogen-bond acceptors (Lipinski definition) is 3. The lowest BCUT2D eigenvalue weighted by Gasteiger charge is -2.16. The summed E-state index contributed by atoms with van der Waals surface area (Å²) in [7, 11) is 3.92. The van der Waals surface area contributed by atoms with Gasteiger partial charge >= 0.3 is 0 Å². The Kier molecular flexibility index (Phi) is 4.16. The van der Waals surface area contributed by atoms with Crippen LogP contribution in [0.25, 0.3) is 0 Å². The van der Waals surface area contributed by atoms with E-state index in [1.54, 1.807) is 11.0 Å². The van der Waals surface area contributed by atoms with Crippen LogP contribution in [0.2, 0.25) is 5.02 Å². The van der Waals surface area contributed by atoms with Gasteiger partial charge in [0.2, 0.25) is 0 Å². The summed E-state index contributed by atoms with van der Waals surface area (Å²) in [6.07, 6.45) is 1.72. The van der Waals surface area contributed by atoms with Crippen LogP contribution in [-0.4, -0.2) is 26.3 Å². The second-order valence-electron chi connectivity index (χ2n) is 4.31. The smallest absolute Gasteiger partial charge is 0.198 e. The topological polar surface area (TPSA) is 26.0 Å². The minimum Gasteiger partial charge on any atom is -0.310 e. The van der Waals surface area contributed by atoms with Crippen LogP contribution in [0.3, 0.4) is 0 Å². The van der Waals surface area contributed by atoms with Gasteiger partial charge < -0.3 is 4.57 Å². The van der Waals surface area contributed by atoms with E-state index in [4.69, 9.17) is 23.8 Å². The van der Waals surface area contributed by atoms with E-state index < -0.39 is 0 Å². The third-order valence-corrected chi connectivity index (χ3v) is 3.34. The van der Waals surface area contributed by atoms with E-state index in [-0.39, 0.29) is 0 Å². The molecular formula is C12H15ClN4S. The molecule has 0 aliphatic carbocycles. The van der Waals surface area contributed by atoms with Gasteiger partial charge in [-0.25, -0.2) is 4.68 Å². The Morgan fingerprint density at radius 1 is 1.44 bits per heavy atom. The van der Waals surface area contributed by atoms with Crippen molar-refractivity contribution in [3.63, 3.8) is 0 Å². The molecule has 0 aliphatic heterocycles. The Morgan fingerprint density at radius 2 is 2.22 bits per heavy atom. The van der Waals surface area contributed by atoms with Gasteiger partial charge in [0.05, 0.1) is 6.67 Å². The molecule has 2 aromatic rings. The van der Waals surface area contributed by atoms with Crippen molar-refractivity contribution < 1.29 is 0 Å². The number of benzene rings is 1. The molecule has 0 atom stereocenters. The second kappa shape index (κ2) is 5.65. The number of rotatable bonds is 4. The van der Waals surface area contributed by atoms with Crippen LogP contribution in [0.5, 0.6) is 0 Å². The van der Waals surface area contributed by atoms with Crippen molar-refractivity contribution in [2.45, 2.75) is 13.2 Å². The molecule has 0 spiro atoms. The van der Waals surface area contributed by atoms with E-state index in [0.29, 0.717) is 11.4 Å². The molecule has 4 nitrogen and oxygen atoms in total. The molecule has 1 heterocycles. The van der Waals surface area contributed by atoms with Gasteiger partial charge in [-0.05, 0) is 37.0 Å². The number of aromatic nitrogens is 3. The van der Waals surface area contributed by atoms with Gasteiger partial charge in [-0.3, -0.25) is 4.90 Å². The minimum absolute atomic E-state index is 0.659. The quantitative estimate of drug-likeness (QED) is 0.807. The van der Waals surface area contributed by atoms with Crippen LogP contribution in [0.4, 0.5) is 0 Å². The van der Waals surface area contributed by atoms with Gasteiger partial charge in [-0.1, -0.05) is 23.7 Å². The van der Waals surface area contributed by atoms with Gasteiger partial charge in [0.1, 0.15) is 6.33 Å². The number of nitrogens with zero attached hydrogens (tertiary/aromatic N) is 4. The van der Waals surface area contributed by atoms with Crippen molar-refractivity contribution in [3.8, 4) is 0 Å². The minimum atomic E-state index is 0.659. The molecule has 0 bridgehead atoms. The maximum atomic E-state index is 5.96. The highest BCUT2D eigenvalue weighted by Gasteiger charge is 2.04. The average molecular weight is 283 g/mol. The third kappa shape index (κ3) is 3.19. The molecule has 0 saturated heterocycles. The summed E-state index contributed by atoms with van der Waals surface area (Å²) in [5.41, 5.74) is 1.17. The van der Waals surface area contributed by atoms with E-state index in [0.717, 1.165) is 11.6 Å². The second-order valence-corrected chi connectivity index (χ2v) is 5.11. The molecule has 1 aromatic carbocycles. The van der Waals surface area contributed by atoms with E-state index in [9.17, 15) is 0 Å². The number of hydrogen-bond donors (Lipinski definition) is 0. The fourth-order valence-electron chi connectivity index (χ4n) is 1.74. The Labute approximate surface area is 116 Å². The van der Waals surface area contributed by atoms with Crippen molar-refractivity contribution in [3.05, 3.63) is 45.9 Å². The van der Waals surface area contributed by atoms with Crippen LogP contribution < -0.4 is 0 Å². The Morgan fingerprint density at radius 3 is 2.83 bits per heavy atom. The standard InChI is InChI=1S/C12H15ClN4S/c1-15(7-10-4-3-5-11(13)6-10)9-17-12(18)16(2)8-14-17/h3-6,8H,7,9H2,1-2H3. The maximum absolute atomic E-state index is 5.96. The van der Waals surface area contributed by atoms with Gasteiger partial charge in [-0.15, -0.1) is 0 Å². The summed E-state index contributed by atoms with van der Waals surface area (Å²) >= 11 is 11.2. The zero-order chi connectivity index (χ0) is 13.1. The average Bonchev–Trinajstić information content (AvgIpc) is 2.61. The third-order valence-electron chi connectivity index (χ3n) is 2.60. The van der Waals surface area contributed by atoms with Crippen LogP contribution in [-0.2, 0) is 20.3 Å². The molecule has 0 saturated carbocycles. The summed E-state index contributed by atoms with van der Waals surface area (Å²) in [6, 6.07) is 7.85. The summed E-state index contributed by atoms with van der Waals surface area (Å²) in [4.78, 5) is 2.13. The summed E-state index contributed by atoms with van der Waals surface area (Å²) in [5, 5.41) is 4.98. The Bertz CT molecular complexity index is 590. The largest absolute Gasteiger partial charge is 0.310 e. The van der Waals surface area contributed by atoms with Crippen LogP contribution >= 0.6 is 23.8 Å². The first-order chi connectivity index (χ1) is 8.56.